The van der Waals surface area contributed by atoms with Crippen molar-refractivity contribution in [1.82, 2.24) is 0 Å². The first-order valence-electron chi connectivity index (χ1n) is 21.2. The monoisotopic (exact) mass is 810 g/mol. The molecule has 0 atom stereocenters. The van der Waals surface area contributed by atoms with Gasteiger partial charge in [-0.3, -0.25) is 0 Å². The molecule has 0 unspecified atom stereocenters. The van der Waals surface area contributed by atoms with E-state index in [0.29, 0.717) is 0 Å². The van der Waals surface area contributed by atoms with Crippen LogP contribution in [0.4, 0.5) is 0 Å². The summed E-state index contributed by atoms with van der Waals surface area (Å²) in [5.41, 5.74) is 14.6. The van der Waals surface area contributed by atoms with Gasteiger partial charge in [0.05, 0.1) is 0 Å². The minimum Gasteiger partial charge on any atom is -0.455 e. The van der Waals surface area contributed by atoms with Crippen LogP contribution in [0.25, 0.3) is 122 Å². The predicted molar refractivity (Wildman–Crippen MR) is 272 cm³/mol. The number of rotatable bonds is 8. The molecule has 0 saturated heterocycles. The molecule has 11 aromatic rings. The molecule has 0 aliphatic carbocycles. The van der Waals surface area contributed by atoms with Gasteiger partial charge in [-0.15, -0.1) is 11.3 Å². The van der Waals surface area contributed by atoms with E-state index < -0.39 is 0 Å². The van der Waals surface area contributed by atoms with Crippen LogP contribution in [0.15, 0.2) is 194 Å². The first kappa shape index (κ1) is 37.5. The van der Waals surface area contributed by atoms with Crippen molar-refractivity contribution in [1.29, 1.82) is 0 Å². The van der Waals surface area contributed by atoms with Gasteiger partial charge in [-0.1, -0.05) is 189 Å². The Bertz CT molecular complexity index is 3630. The highest BCUT2D eigenvalue weighted by atomic mass is 32.1. The standard InChI is InChI=1S/C60H42OS/c1-5-21-42-39(6-2)57(47-29-16-17-30-48(47)58(42)50-32-20-31-49-41-24-18-19-33-52(41)61-60(49)50)40(7-3)59-51-36-38(34-35-54(51)62-53(59)8-4)56-45-27-14-12-25-43(45)55(37-22-10-9-11-23-37)44-26-13-15-28-46(44)56/h5-36H,2,4H2,1,3H3/b21-5-,40-7-. The molecule has 294 valence electrons. The van der Waals surface area contributed by atoms with E-state index in [1.165, 1.54) is 59.4 Å². The molecule has 11 rings (SSSR count). The summed E-state index contributed by atoms with van der Waals surface area (Å²) in [5, 5.41) is 10.7. The summed E-state index contributed by atoms with van der Waals surface area (Å²) in [4.78, 5) is 1.14. The van der Waals surface area contributed by atoms with Crippen LogP contribution >= 0.6 is 11.3 Å². The van der Waals surface area contributed by atoms with E-state index in [1.54, 1.807) is 11.3 Å². The Labute approximate surface area is 365 Å². The fourth-order valence-corrected chi connectivity index (χ4v) is 11.1. The van der Waals surface area contributed by atoms with E-state index in [1.807, 2.05) is 18.2 Å². The largest absolute Gasteiger partial charge is 0.455 e. The summed E-state index contributed by atoms with van der Waals surface area (Å²) in [6, 6.07) is 59.3. The zero-order chi connectivity index (χ0) is 41.9. The molecule has 0 aliphatic rings. The molecule has 0 saturated carbocycles. The summed E-state index contributed by atoms with van der Waals surface area (Å²) >= 11 is 1.80. The Balaban J connectivity index is 1.19. The van der Waals surface area contributed by atoms with Gasteiger partial charge < -0.3 is 4.42 Å². The molecule has 0 N–H and O–H groups in total. The van der Waals surface area contributed by atoms with Crippen LogP contribution < -0.4 is 0 Å². The molecule has 0 radical (unpaired) electrons. The molecule has 9 aromatic carbocycles. The quantitative estimate of drug-likeness (QED) is 0.139. The smallest absolute Gasteiger partial charge is 0.143 e. The van der Waals surface area contributed by atoms with E-state index >= 15 is 0 Å². The van der Waals surface area contributed by atoms with Crippen molar-refractivity contribution >= 4 is 99.5 Å². The molecule has 2 aromatic heterocycles. The number of para-hydroxylation sites is 2. The van der Waals surface area contributed by atoms with Gasteiger partial charge in [-0.2, -0.15) is 0 Å². The van der Waals surface area contributed by atoms with Gasteiger partial charge in [0.2, 0.25) is 0 Å². The van der Waals surface area contributed by atoms with E-state index in [2.05, 4.69) is 203 Å². The molecule has 0 fully saturated rings. The second-order valence-corrected chi connectivity index (χ2v) is 16.9. The van der Waals surface area contributed by atoms with Gasteiger partial charge in [0.15, 0.2) is 0 Å². The van der Waals surface area contributed by atoms with Crippen LogP contribution in [-0.2, 0) is 0 Å². The number of hydrogen-bond donors (Lipinski definition) is 0. The number of hydrogen-bond acceptors (Lipinski definition) is 2. The molecule has 2 heteroatoms. The third kappa shape index (κ3) is 5.68. The maximum absolute atomic E-state index is 6.69. The van der Waals surface area contributed by atoms with Crippen molar-refractivity contribution in [3.8, 4) is 33.4 Å². The SMILES string of the molecule is C=Cc1sc2ccc(-c3c4ccccc4c(-c4ccccc4)c4ccccc34)cc2c1/C(=C\C)c1c(C=C)c(/C=C\C)c(-c2cccc3c2oc2ccccc23)c2ccccc12. The van der Waals surface area contributed by atoms with Crippen molar-refractivity contribution in [2.24, 2.45) is 0 Å². The average molecular weight is 811 g/mol. The lowest BCUT2D eigenvalue weighted by molar-refractivity contribution is 0.670. The third-order valence-corrected chi connectivity index (χ3v) is 13.7. The Morgan fingerprint density at radius 3 is 1.69 bits per heavy atom. The van der Waals surface area contributed by atoms with Crippen molar-refractivity contribution < 1.29 is 4.42 Å². The summed E-state index contributed by atoms with van der Waals surface area (Å²) in [6.45, 7) is 13.2. The summed E-state index contributed by atoms with van der Waals surface area (Å²) in [6.07, 6.45) is 10.7. The highest BCUT2D eigenvalue weighted by Crippen LogP contribution is 2.50. The Morgan fingerprint density at radius 1 is 0.484 bits per heavy atom. The normalized spacial score (nSPS) is 12.2. The second kappa shape index (κ2) is 15.2. The zero-order valence-electron chi connectivity index (χ0n) is 34.7. The number of allylic oxidation sites excluding steroid dienone is 2. The lowest BCUT2D eigenvalue weighted by atomic mass is 9.80. The molecule has 0 bridgehead atoms. The van der Waals surface area contributed by atoms with Gasteiger partial charge in [-0.25, -0.2) is 0 Å². The predicted octanol–water partition coefficient (Wildman–Crippen LogP) is 18.0. The fourth-order valence-electron chi connectivity index (χ4n) is 10.0. The minimum atomic E-state index is 0.886. The summed E-state index contributed by atoms with van der Waals surface area (Å²) in [5.74, 6) is 0. The summed E-state index contributed by atoms with van der Waals surface area (Å²) < 4.78 is 7.91. The maximum Gasteiger partial charge on any atom is 0.143 e. The van der Waals surface area contributed by atoms with Crippen LogP contribution in [0, 0.1) is 0 Å². The lowest BCUT2D eigenvalue weighted by Crippen LogP contribution is -2.00. The summed E-state index contributed by atoms with van der Waals surface area (Å²) in [7, 11) is 0. The molecule has 0 amide bonds. The van der Waals surface area contributed by atoms with Gasteiger partial charge in [-0.05, 0) is 109 Å². The highest BCUT2D eigenvalue weighted by molar-refractivity contribution is 7.20. The molecular weight excluding hydrogens is 769 g/mol. The van der Waals surface area contributed by atoms with Crippen LogP contribution in [0.3, 0.4) is 0 Å². The average Bonchev–Trinajstić information content (AvgIpc) is 3.90. The maximum atomic E-state index is 6.69. The van der Waals surface area contributed by atoms with E-state index in [4.69, 9.17) is 4.42 Å². The fraction of sp³-hybridized carbons (Fsp3) is 0.0333. The number of benzene rings is 9. The van der Waals surface area contributed by atoms with Crippen LogP contribution in [0.5, 0.6) is 0 Å². The highest BCUT2D eigenvalue weighted by Gasteiger charge is 2.26. The topological polar surface area (TPSA) is 13.1 Å². The van der Waals surface area contributed by atoms with Gasteiger partial charge in [0.25, 0.3) is 0 Å². The number of furan rings is 1. The van der Waals surface area contributed by atoms with Gasteiger partial charge in [0.1, 0.15) is 11.2 Å². The van der Waals surface area contributed by atoms with E-state index in [-0.39, 0.29) is 0 Å². The van der Waals surface area contributed by atoms with E-state index in [9.17, 15) is 0 Å². The zero-order valence-corrected chi connectivity index (χ0v) is 35.5. The van der Waals surface area contributed by atoms with Crippen molar-refractivity contribution in [2.45, 2.75) is 13.8 Å². The van der Waals surface area contributed by atoms with E-state index in [0.717, 1.165) is 71.0 Å². The van der Waals surface area contributed by atoms with Crippen LogP contribution in [0.1, 0.15) is 41.0 Å². The van der Waals surface area contributed by atoms with Crippen LogP contribution in [0.2, 0.25) is 0 Å². The molecule has 62 heavy (non-hydrogen) atoms. The molecule has 0 aliphatic heterocycles. The van der Waals surface area contributed by atoms with Crippen molar-refractivity contribution in [3.05, 3.63) is 216 Å². The Kier molecular flexibility index (Phi) is 9.18. The second-order valence-electron chi connectivity index (χ2n) is 15.8. The Morgan fingerprint density at radius 2 is 1.06 bits per heavy atom. The van der Waals surface area contributed by atoms with Crippen molar-refractivity contribution in [3.63, 3.8) is 0 Å². The molecule has 2 heterocycles. The van der Waals surface area contributed by atoms with Gasteiger partial charge in [0, 0.05) is 42.4 Å². The molecule has 0 spiro atoms. The van der Waals surface area contributed by atoms with Gasteiger partial charge >= 0.3 is 0 Å². The number of thiophene rings is 1. The number of fused-ring (bicyclic) bond motifs is 7. The van der Waals surface area contributed by atoms with Crippen molar-refractivity contribution in [2.75, 3.05) is 0 Å². The third-order valence-electron chi connectivity index (χ3n) is 12.5. The molecule has 1 nitrogen and oxygen atoms in total. The van der Waals surface area contributed by atoms with Crippen LogP contribution in [-0.4, -0.2) is 0 Å². The lowest BCUT2D eigenvalue weighted by Gasteiger charge is -2.22. The first-order chi connectivity index (χ1) is 30.6. The first-order valence-corrected chi connectivity index (χ1v) is 22.0. The Hall–Kier alpha value is -7.52. The molecular formula is C60H42OS. The minimum absolute atomic E-state index is 0.886.